The molecule has 0 atom stereocenters. The van der Waals surface area contributed by atoms with Gasteiger partial charge in [-0.05, 0) is 68.4 Å². The first kappa shape index (κ1) is 17.9. The van der Waals surface area contributed by atoms with Crippen LogP contribution < -0.4 is 0 Å². The Hall–Kier alpha value is -2.17. The van der Waals surface area contributed by atoms with E-state index >= 15 is 0 Å². The van der Waals surface area contributed by atoms with Crippen LogP contribution in [-0.4, -0.2) is 27.9 Å². The summed E-state index contributed by atoms with van der Waals surface area (Å²) < 4.78 is 7.39. The molecule has 1 aromatic heterocycles. The Kier molecular flexibility index (Phi) is 4.29. The van der Waals surface area contributed by atoms with Crippen molar-refractivity contribution in [3.63, 3.8) is 0 Å². The molecular weight excluding hydrogens is 352 g/mol. The smallest absolute Gasteiger partial charge is 0.326 e. The van der Waals surface area contributed by atoms with Gasteiger partial charge in [0.25, 0.3) is 0 Å². The highest BCUT2D eigenvalue weighted by Crippen LogP contribution is 2.60. The summed E-state index contributed by atoms with van der Waals surface area (Å²) in [5.41, 5.74) is 1.62. The van der Waals surface area contributed by atoms with Gasteiger partial charge in [0, 0.05) is 11.8 Å². The standard InChI is InChI=1S/C23H28N2O3/c1-2-21-24-18-5-3-4-6-19(18)25(21)13-22(27)28-14-20(26)23-10-15-7-16(11-23)9-17(8-15)12-23/h3-6,15-17H,2,7-14H2,1H3. The largest absolute Gasteiger partial charge is 0.456 e. The molecule has 0 unspecified atom stereocenters. The van der Waals surface area contributed by atoms with Crippen LogP contribution in [0.2, 0.25) is 0 Å². The third-order valence-electron chi connectivity index (χ3n) is 7.33. The van der Waals surface area contributed by atoms with Gasteiger partial charge in [-0.3, -0.25) is 9.59 Å². The Bertz CT molecular complexity index is 894. The minimum absolute atomic E-state index is 0.0704. The quantitative estimate of drug-likeness (QED) is 0.713. The number of hydrogen-bond acceptors (Lipinski definition) is 4. The number of ether oxygens (including phenoxy) is 1. The Morgan fingerprint density at radius 2 is 1.75 bits per heavy atom. The lowest BCUT2D eigenvalue weighted by molar-refractivity contribution is -0.158. The average molecular weight is 380 g/mol. The summed E-state index contributed by atoms with van der Waals surface area (Å²) in [6.07, 6.45) is 7.71. The lowest BCUT2D eigenvalue weighted by atomic mass is 9.48. The Morgan fingerprint density at radius 3 is 2.39 bits per heavy atom. The lowest BCUT2D eigenvalue weighted by Gasteiger charge is -2.55. The number of benzene rings is 1. The van der Waals surface area contributed by atoms with E-state index in [-0.39, 0.29) is 30.3 Å². The summed E-state index contributed by atoms with van der Waals surface area (Å²) in [5, 5.41) is 0. The molecule has 0 aliphatic heterocycles. The summed E-state index contributed by atoms with van der Waals surface area (Å²) >= 11 is 0. The van der Waals surface area contributed by atoms with Crippen LogP contribution in [0.25, 0.3) is 11.0 Å². The maximum absolute atomic E-state index is 13.0. The third kappa shape index (κ3) is 2.96. The van der Waals surface area contributed by atoms with Crippen molar-refractivity contribution in [3.8, 4) is 0 Å². The third-order valence-corrected chi connectivity index (χ3v) is 7.33. The SMILES string of the molecule is CCc1nc2ccccc2n1CC(=O)OCC(=O)C12CC3CC(CC(C3)C1)C2. The maximum Gasteiger partial charge on any atom is 0.326 e. The number of rotatable bonds is 6. The van der Waals surface area contributed by atoms with Crippen molar-refractivity contribution in [1.82, 2.24) is 9.55 Å². The number of esters is 1. The van der Waals surface area contributed by atoms with Crippen LogP contribution >= 0.6 is 0 Å². The number of carbonyl (C=O) groups is 2. The monoisotopic (exact) mass is 380 g/mol. The molecule has 1 aromatic carbocycles. The molecule has 5 nitrogen and oxygen atoms in total. The lowest BCUT2D eigenvalue weighted by Crippen LogP contribution is -2.51. The first-order chi connectivity index (χ1) is 13.6. The van der Waals surface area contributed by atoms with E-state index < -0.39 is 0 Å². The predicted octanol–water partition coefficient (Wildman–Crippen LogP) is 3.93. The Balaban J connectivity index is 1.25. The predicted molar refractivity (Wildman–Crippen MR) is 106 cm³/mol. The summed E-state index contributed by atoms with van der Waals surface area (Å²) in [7, 11) is 0. The summed E-state index contributed by atoms with van der Waals surface area (Å²) in [5.74, 6) is 2.83. The number of Topliss-reactive ketones (excluding diaryl/α,β-unsaturated/α-hetero) is 1. The van der Waals surface area contributed by atoms with E-state index in [1.807, 2.05) is 35.8 Å². The molecule has 0 spiro atoms. The molecule has 2 aromatic rings. The zero-order valence-electron chi connectivity index (χ0n) is 16.5. The Morgan fingerprint density at radius 1 is 1.11 bits per heavy atom. The number of ketones is 1. The first-order valence-electron chi connectivity index (χ1n) is 10.7. The van der Waals surface area contributed by atoms with E-state index in [0.717, 1.165) is 60.3 Å². The van der Waals surface area contributed by atoms with Crippen LogP contribution in [0.3, 0.4) is 0 Å². The van der Waals surface area contributed by atoms with Gasteiger partial charge in [-0.1, -0.05) is 19.1 Å². The molecular formula is C23H28N2O3. The topological polar surface area (TPSA) is 61.2 Å². The zero-order valence-corrected chi connectivity index (χ0v) is 16.5. The highest BCUT2D eigenvalue weighted by molar-refractivity contribution is 5.88. The fraction of sp³-hybridized carbons (Fsp3) is 0.609. The second-order valence-corrected chi connectivity index (χ2v) is 9.24. The minimum atomic E-state index is -0.351. The second-order valence-electron chi connectivity index (χ2n) is 9.24. The molecule has 4 aliphatic carbocycles. The molecule has 0 amide bonds. The van der Waals surface area contributed by atoms with E-state index in [4.69, 9.17) is 4.74 Å². The summed E-state index contributed by atoms with van der Waals surface area (Å²) in [6.45, 7) is 2.07. The highest BCUT2D eigenvalue weighted by atomic mass is 16.5. The summed E-state index contributed by atoms with van der Waals surface area (Å²) in [4.78, 5) is 30.2. The van der Waals surface area contributed by atoms with Gasteiger partial charge < -0.3 is 9.30 Å². The number of fused-ring (bicyclic) bond motifs is 1. The number of nitrogens with zero attached hydrogens (tertiary/aromatic N) is 2. The van der Waals surface area contributed by atoms with Crippen LogP contribution in [0, 0.1) is 23.2 Å². The van der Waals surface area contributed by atoms with Gasteiger partial charge in [0.1, 0.15) is 12.4 Å². The molecule has 1 heterocycles. The first-order valence-corrected chi connectivity index (χ1v) is 10.7. The molecule has 148 valence electrons. The van der Waals surface area contributed by atoms with Crippen molar-refractivity contribution in [3.05, 3.63) is 30.1 Å². The van der Waals surface area contributed by atoms with E-state index in [0.29, 0.717) is 0 Å². The molecule has 0 N–H and O–H groups in total. The molecule has 4 aliphatic rings. The van der Waals surface area contributed by atoms with Gasteiger partial charge in [-0.2, -0.15) is 0 Å². The number of aromatic nitrogens is 2. The number of imidazole rings is 1. The van der Waals surface area contributed by atoms with Crippen LogP contribution in [0.4, 0.5) is 0 Å². The number of aryl methyl sites for hydroxylation is 1. The van der Waals surface area contributed by atoms with Crippen molar-refractivity contribution in [2.75, 3.05) is 6.61 Å². The van der Waals surface area contributed by atoms with Gasteiger partial charge in [0.2, 0.25) is 0 Å². The van der Waals surface area contributed by atoms with Crippen molar-refractivity contribution in [1.29, 1.82) is 0 Å². The van der Waals surface area contributed by atoms with Gasteiger partial charge in [0.15, 0.2) is 12.4 Å². The number of para-hydroxylation sites is 2. The summed E-state index contributed by atoms with van der Waals surface area (Å²) in [6, 6.07) is 7.81. The van der Waals surface area contributed by atoms with Crippen molar-refractivity contribution >= 4 is 22.8 Å². The molecule has 4 bridgehead atoms. The minimum Gasteiger partial charge on any atom is -0.456 e. The normalized spacial score (nSPS) is 30.7. The molecule has 5 heteroatoms. The fourth-order valence-electron chi connectivity index (χ4n) is 6.50. The van der Waals surface area contributed by atoms with Crippen LogP contribution in [0.1, 0.15) is 51.3 Å². The molecule has 4 saturated carbocycles. The molecule has 6 rings (SSSR count). The van der Waals surface area contributed by atoms with E-state index in [2.05, 4.69) is 4.98 Å². The second kappa shape index (κ2) is 6.71. The van der Waals surface area contributed by atoms with Gasteiger partial charge >= 0.3 is 5.97 Å². The molecule has 4 fully saturated rings. The molecule has 0 radical (unpaired) electrons. The van der Waals surface area contributed by atoms with E-state index in [1.54, 1.807) is 0 Å². The Labute approximate surface area is 165 Å². The van der Waals surface area contributed by atoms with E-state index in [1.165, 1.54) is 19.3 Å². The van der Waals surface area contributed by atoms with Crippen LogP contribution in [0.5, 0.6) is 0 Å². The van der Waals surface area contributed by atoms with Crippen molar-refractivity contribution < 1.29 is 14.3 Å². The van der Waals surface area contributed by atoms with Gasteiger partial charge in [-0.15, -0.1) is 0 Å². The van der Waals surface area contributed by atoms with Crippen LogP contribution in [-0.2, 0) is 27.3 Å². The highest BCUT2D eigenvalue weighted by Gasteiger charge is 2.54. The maximum atomic E-state index is 13.0. The number of carbonyl (C=O) groups excluding carboxylic acids is 2. The van der Waals surface area contributed by atoms with Gasteiger partial charge in [-0.25, -0.2) is 4.98 Å². The fourth-order valence-corrected chi connectivity index (χ4v) is 6.50. The zero-order chi connectivity index (χ0) is 19.3. The average Bonchev–Trinajstić information content (AvgIpc) is 3.02. The van der Waals surface area contributed by atoms with E-state index in [9.17, 15) is 9.59 Å². The number of hydrogen-bond donors (Lipinski definition) is 0. The van der Waals surface area contributed by atoms with Gasteiger partial charge in [0.05, 0.1) is 11.0 Å². The molecule has 0 saturated heterocycles. The molecule has 28 heavy (non-hydrogen) atoms. The van der Waals surface area contributed by atoms with Crippen molar-refractivity contribution in [2.45, 2.75) is 58.4 Å². The van der Waals surface area contributed by atoms with Crippen LogP contribution in [0.15, 0.2) is 24.3 Å². The van der Waals surface area contributed by atoms with Crippen molar-refractivity contribution in [2.24, 2.45) is 23.2 Å².